The lowest BCUT2D eigenvalue weighted by Crippen LogP contribution is -2.28. The molecule has 3 aromatic carbocycles. The van der Waals surface area contributed by atoms with Gasteiger partial charge in [0.25, 0.3) is 0 Å². The number of hydrogen-bond donors (Lipinski definition) is 0. The van der Waals surface area contributed by atoms with Crippen molar-refractivity contribution in [1.82, 2.24) is 0 Å². The molecule has 0 N–H and O–H groups in total. The van der Waals surface area contributed by atoms with Gasteiger partial charge in [0.05, 0.1) is 25.7 Å². The Balaban J connectivity index is 1.77. The molecular formula is C21H18ClNO3S. The zero-order chi connectivity index (χ0) is 19.0. The van der Waals surface area contributed by atoms with E-state index in [9.17, 15) is 4.79 Å². The molecular weight excluding hydrogens is 382 g/mol. The van der Waals surface area contributed by atoms with Crippen LogP contribution in [0.3, 0.4) is 0 Å². The van der Waals surface area contributed by atoms with E-state index in [1.54, 1.807) is 49.1 Å². The van der Waals surface area contributed by atoms with Gasteiger partial charge in [0.15, 0.2) is 0 Å². The van der Waals surface area contributed by atoms with Gasteiger partial charge in [-0.05, 0) is 52.7 Å². The van der Waals surface area contributed by atoms with Crippen LogP contribution in [0.2, 0.25) is 5.02 Å². The van der Waals surface area contributed by atoms with Gasteiger partial charge in [0.2, 0.25) is 5.91 Å². The van der Waals surface area contributed by atoms with Gasteiger partial charge in [-0.25, -0.2) is 0 Å². The van der Waals surface area contributed by atoms with Crippen LogP contribution in [-0.4, -0.2) is 25.9 Å². The first-order valence-corrected chi connectivity index (χ1v) is 9.88. The number of hydrogen-bond acceptors (Lipinski definition) is 4. The molecule has 0 unspecified atom stereocenters. The summed E-state index contributed by atoms with van der Waals surface area (Å²) in [5.74, 6) is 1.91. The summed E-state index contributed by atoms with van der Waals surface area (Å²) >= 11 is 7.79. The normalized spacial score (nSPS) is 16.8. The Morgan fingerprint density at radius 1 is 1.00 bits per heavy atom. The highest BCUT2D eigenvalue weighted by Gasteiger charge is 2.35. The van der Waals surface area contributed by atoms with Crippen molar-refractivity contribution in [1.29, 1.82) is 0 Å². The standard InChI is InChI=1S/C21H18ClNO3S/c1-25-17-7-5-13-9-15(4-3-14(13)10-17)21-23(20(24)12-27-21)18-11-16(22)6-8-19(18)26-2/h3-11,21H,12H2,1-2H3/t21-/m1/s1. The van der Waals surface area contributed by atoms with E-state index in [-0.39, 0.29) is 11.3 Å². The van der Waals surface area contributed by atoms with Crippen LogP contribution in [0.1, 0.15) is 10.9 Å². The minimum absolute atomic E-state index is 0.0420. The lowest BCUT2D eigenvalue weighted by atomic mass is 10.1. The number of carbonyl (C=O) groups is 1. The second-order valence-electron chi connectivity index (χ2n) is 6.22. The van der Waals surface area contributed by atoms with Crippen molar-refractivity contribution in [3.63, 3.8) is 0 Å². The number of methoxy groups -OCH3 is 2. The molecule has 1 aliphatic rings. The fourth-order valence-electron chi connectivity index (χ4n) is 3.31. The third kappa shape index (κ3) is 3.33. The molecule has 0 saturated carbocycles. The zero-order valence-electron chi connectivity index (χ0n) is 14.9. The smallest absolute Gasteiger partial charge is 0.238 e. The summed E-state index contributed by atoms with van der Waals surface area (Å²) in [7, 11) is 3.26. The predicted molar refractivity (Wildman–Crippen MR) is 111 cm³/mol. The van der Waals surface area contributed by atoms with Crippen LogP contribution in [-0.2, 0) is 4.79 Å². The SMILES string of the molecule is COc1ccc2cc([C@H]3SCC(=O)N3c3cc(Cl)ccc3OC)ccc2c1. The predicted octanol–water partition coefficient (Wildman–Crippen LogP) is 5.29. The summed E-state index contributed by atoms with van der Waals surface area (Å²) in [6.07, 6.45) is 0. The van der Waals surface area contributed by atoms with Crippen molar-refractivity contribution in [2.24, 2.45) is 0 Å². The summed E-state index contributed by atoms with van der Waals surface area (Å²) < 4.78 is 10.8. The van der Waals surface area contributed by atoms with Gasteiger partial charge in [-0.3, -0.25) is 9.69 Å². The van der Waals surface area contributed by atoms with Crippen LogP contribution in [0.5, 0.6) is 11.5 Å². The largest absolute Gasteiger partial charge is 0.497 e. The van der Waals surface area contributed by atoms with Crippen LogP contribution in [0.25, 0.3) is 10.8 Å². The molecule has 1 saturated heterocycles. The maximum Gasteiger partial charge on any atom is 0.238 e. The number of carbonyl (C=O) groups excluding carboxylic acids is 1. The van der Waals surface area contributed by atoms with E-state index in [0.29, 0.717) is 22.2 Å². The molecule has 0 aliphatic carbocycles. The highest BCUT2D eigenvalue weighted by molar-refractivity contribution is 8.00. The summed E-state index contributed by atoms with van der Waals surface area (Å²) in [6.45, 7) is 0. The molecule has 1 atom stereocenters. The van der Waals surface area contributed by atoms with Crippen molar-refractivity contribution >= 4 is 45.7 Å². The van der Waals surface area contributed by atoms with E-state index >= 15 is 0 Å². The molecule has 4 rings (SSSR count). The van der Waals surface area contributed by atoms with Gasteiger partial charge in [-0.15, -0.1) is 11.8 Å². The van der Waals surface area contributed by atoms with Crippen molar-refractivity contribution < 1.29 is 14.3 Å². The number of fused-ring (bicyclic) bond motifs is 1. The third-order valence-electron chi connectivity index (χ3n) is 4.62. The third-order valence-corrected chi connectivity index (χ3v) is 6.07. The fourth-order valence-corrected chi connectivity index (χ4v) is 4.63. The number of nitrogens with zero attached hydrogens (tertiary/aromatic N) is 1. The van der Waals surface area contributed by atoms with Crippen LogP contribution in [0.15, 0.2) is 54.6 Å². The minimum atomic E-state index is -0.128. The van der Waals surface area contributed by atoms with Crippen molar-refractivity contribution in [3.8, 4) is 11.5 Å². The molecule has 1 amide bonds. The molecule has 6 heteroatoms. The van der Waals surface area contributed by atoms with E-state index in [4.69, 9.17) is 21.1 Å². The molecule has 27 heavy (non-hydrogen) atoms. The molecule has 1 heterocycles. The van der Waals surface area contributed by atoms with Crippen LogP contribution >= 0.6 is 23.4 Å². The Morgan fingerprint density at radius 2 is 1.78 bits per heavy atom. The molecule has 1 aliphatic heterocycles. The molecule has 1 fully saturated rings. The van der Waals surface area contributed by atoms with Gasteiger partial charge in [0, 0.05) is 5.02 Å². The topological polar surface area (TPSA) is 38.8 Å². The number of benzene rings is 3. The summed E-state index contributed by atoms with van der Waals surface area (Å²) in [6, 6.07) is 17.5. The number of anilines is 1. The van der Waals surface area contributed by atoms with Gasteiger partial charge in [0.1, 0.15) is 16.9 Å². The Hall–Kier alpha value is -2.37. The van der Waals surface area contributed by atoms with E-state index in [0.717, 1.165) is 22.1 Å². The molecule has 138 valence electrons. The van der Waals surface area contributed by atoms with Crippen molar-refractivity contribution in [3.05, 3.63) is 65.2 Å². The highest BCUT2D eigenvalue weighted by atomic mass is 35.5. The Morgan fingerprint density at radius 3 is 2.56 bits per heavy atom. The Bertz CT molecular complexity index is 1020. The number of ether oxygens (including phenoxy) is 2. The summed E-state index contributed by atoms with van der Waals surface area (Å²) in [5, 5.41) is 2.64. The molecule has 0 bridgehead atoms. The quantitative estimate of drug-likeness (QED) is 0.597. The lowest BCUT2D eigenvalue weighted by molar-refractivity contribution is -0.115. The molecule has 0 spiro atoms. The second kappa shape index (κ2) is 7.33. The van der Waals surface area contributed by atoms with E-state index in [1.807, 2.05) is 18.2 Å². The Labute approximate surface area is 167 Å². The van der Waals surface area contributed by atoms with Crippen LogP contribution < -0.4 is 14.4 Å². The average molecular weight is 400 g/mol. The van der Waals surface area contributed by atoms with Gasteiger partial charge in [-0.1, -0.05) is 29.8 Å². The molecule has 4 nitrogen and oxygen atoms in total. The van der Waals surface area contributed by atoms with E-state index in [2.05, 4.69) is 18.2 Å². The highest BCUT2D eigenvalue weighted by Crippen LogP contribution is 2.46. The number of thioether (sulfide) groups is 1. The van der Waals surface area contributed by atoms with E-state index < -0.39 is 0 Å². The van der Waals surface area contributed by atoms with Crippen molar-refractivity contribution in [2.45, 2.75) is 5.37 Å². The van der Waals surface area contributed by atoms with E-state index in [1.165, 1.54) is 0 Å². The van der Waals surface area contributed by atoms with Crippen LogP contribution in [0.4, 0.5) is 5.69 Å². The number of halogens is 1. The summed E-state index contributed by atoms with van der Waals surface area (Å²) in [5.41, 5.74) is 1.75. The summed E-state index contributed by atoms with van der Waals surface area (Å²) in [4.78, 5) is 14.5. The lowest BCUT2D eigenvalue weighted by Gasteiger charge is -2.26. The number of rotatable bonds is 4. The average Bonchev–Trinajstić information content (AvgIpc) is 3.08. The molecule has 3 aromatic rings. The fraction of sp³-hybridized carbons (Fsp3) is 0.190. The first-order chi connectivity index (χ1) is 13.1. The maximum absolute atomic E-state index is 12.7. The monoisotopic (exact) mass is 399 g/mol. The first-order valence-electron chi connectivity index (χ1n) is 8.45. The molecule has 0 aromatic heterocycles. The zero-order valence-corrected chi connectivity index (χ0v) is 16.5. The van der Waals surface area contributed by atoms with Crippen molar-refractivity contribution in [2.75, 3.05) is 24.9 Å². The van der Waals surface area contributed by atoms with Crippen LogP contribution in [0, 0.1) is 0 Å². The van der Waals surface area contributed by atoms with Gasteiger partial charge in [-0.2, -0.15) is 0 Å². The second-order valence-corrected chi connectivity index (χ2v) is 7.72. The number of amides is 1. The maximum atomic E-state index is 12.7. The molecule has 0 radical (unpaired) electrons. The van der Waals surface area contributed by atoms with Gasteiger partial charge >= 0.3 is 0 Å². The minimum Gasteiger partial charge on any atom is -0.497 e. The first kappa shape index (κ1) is 18.0. The van der Waals surface area contributed by atoms with Gasteiger partial charge < -0.3 is 9.47 Å². The Kier molecular flexibility index (Phi) is 4.89.